The van der Waals surface area contributed by atoms with E-state index in [-0.39, 0.29) is 0 Å². The van der Waals surface area contributed by atoms with Gasteiger partial charge in [-0.2, -0.15) is 0 Å². The molecule has 2 heteroatoms. The number of nitrogens with zero attached hydrogens (tertiary/aromatic N) is 1. The van der Waals surface area contributed by atoms with E-state index in [9.17, 15) is 0 Å². The highest BCUT2D eigenvalue weighted by Crippen LogP contribution is 2.57. The molecule has 1 aromatic heterocycles. The fraction of sp³-hybridized carbons (Fsp3) is 0.0154. The molecule has 13 rings (SSSR count). The van der Waals surface area contributed by atoms with Crippen LogP contribution in [0.2, 0.25) is 0 Å². The van der Waals surface area contributed by atoms with Crippen molar-refractivity contribution in [3.63, 3.8) is 0 Å². The summed E-state index contributed by atoms with van der Waals surface area (Å²) >= 11 is 1.88. The molecule has 0 aliphatic heterocycles. The highest BCUT2D eigenvalue weighted by atomic mass is 32.1. The largest absolute Gasteiger partial charge is 0.310 e. The summed E-state index contributed by atoms with van der Waals surface area (Å²) in [6.07, 6.45) is 0. The van der Waals surface area contributed by atoms with Gasteiger partial charge in [0.1, 0.15) is 0 Å². The first-order valence-corrected chi connectivity index (χ1v) is 23.9. The molecule has 0 radical (unpaired) electrons. The molecule has 0 N–H and O–H groups in total. The first-order valence-electron chi connectivity index (χ1n) is 23.1. The van der Waals surface area contributed by atoms with Crippen LogP contribution >= 0.6 is 11.3 Å². The van der Waals surface area contributed by atoms with Crippen LogP contribution in [0.15, 0.2) is 261 Å². The van der Waals surface area contributed by atoms with Gasteiger partial charge in [0.15, 0.2) is 0 Å². The molecule has 1 aliphatic carbocycles. The predicted octanol–water partition coefficient (Wildman–Crippen LogP) is 18.0. The Kier molecular flexibility index (Phi) is 9.33. The van der Waals surface area contributed by atoms with Crippen molar-refractivity contribution in [2.75, 3.05) is 4.90 Å². The third-order valence-electron chi connectivity index (χ3n) is 14.0. The Morgan fingerprint density at radius 1 is 0.299 bits per heavy atom. The van der Waals surface area contributed by atoms with E-state index in [4.69, 9.17) is 0 Å². The van der Waals surface area contributed by atoms with Gasteiger partial charge in [-0.1, -0.05) is 212 Å². The minimum absolute atomic E-state index is 0.509. The molecule has 0 fully saturated rings. The number of hydrogen-bond acceptors (Lipinski definition) is 2. The molecule has 0 atom stereocenters. The minimum atomic E-state index is -0.509. The Balaban J connectivity index is 0.961. The molecule has 0 spiro atoms. The van der Waals surface area contributed by atoms with Crippen LogP contribution in [0.4, 0.5) is 17.1 Å². The lowest BCUT2D eigenvalue weighted by atomic mass is 9.67. The van der Waals surface area contributed by atoms with E-state index in [0.29, 0.717) is 0 Å². The van der Waals surface area contributed by atoms with E-state index in [1.54, 1.807) is 0 Å². The van der Waals surface area contributed by atoms with E-state index < -0.39 is 5.41 Å². The quantitative estimate of drug-likeness (QED) is 0.147. The molecule has 0 saturated carbocycles. The van der Waals surface area contributed by atoms with Crippen LogP contribution in [-0.2, 0) is 5.41 Å². The second-order valence-corrected chi connectivity index (χ2v) is 18.6. The summed E-state index contributed by atoms with van der Waals surface area (Å²) in [4.78, 5) is 2.43. The van der Waals surface area contributed by atoms with Crippen LogP contribution in [0.3, 0.4) is 0 Å². The SMILES string of the molecule is c1ccc(-c2cccc3c2sc2ccc(-c4ccc(N(c5ccc(-c6cccc7ccccc67)cc5)c5ccc6c(c5)C(c5ccccc5)(c5ccccc5)c5ccccc5-6)cc4)cc23)cc1. The van der Waals surface area contributed by atoms with Gasteiger partial charge in [-0.3, -0.25) is 0 Å². The minimum Gasteiger partial charge on any atom is -0.310 e. The summed E-state index contributed by atoms with van der Waals surface area (Å²) in [5.74, 6) is 0. The molecule has 0 saturated heterocycles. The maximum Gasteiger partial charge on any atom is 0.0714 e. The number of benzene rings is 11. The lowest BCUT2D eigenvalue weighted by molar-refractivity contribution is 0.768. The summed E-state index contributed by atoms with van der Waals surface area (Å²) in [7, 11) is 0. The third-order valence-corrected chi connectivity index (χ3v) is 15.2. The standard InChI is InChI=1S/C65H43NS/c1-4-16-46(17-5-1)56-27-15-28-59-60-42-48(34-41-63(60)67-64(56)59)44-30-35-51(36-31-44)66(52-37-32-47(33-38-52)55-26-14-19-45-18-10-11-24-54(45)55)53-39-40-58-57-25-12-13-29-61(57)65(62(58)43-53,49-20-6-2-7-21-49)50-22-8-3-9-23-50/h1-43H. The van der Waals surface area contributed by atoms with Gasteiger partial charge in [0.05, 0.1) is 5.41 Å². The third kappa shape index (κ3) is 6.37. The Bertz CT molecular complexity index is 3730. The Morgan fingerprint density at radius 2 is 0.821 bits per heavy atom. The van der Waals surface area contributed by atoms with E-state index in [1.807, 2.05) is 11.3 Å². The van der Waals surface area contributed by atoms with Crippen LogP contribution < -0.4 is 4.90 Å². The number of fused-ring (bicyclic) bond motifs is 7. The van der Waals surface area contributed by atoms with E-state index in [0.717, 1.165) is 17.1 Å². The van der Waals surface area contributed by atoms with Crippen LogP contribution in [0.5, 0.6) is 0 Å². The molecule has 12 aromatic rings. The normalized spacial score (nSPS) is 12.6. The van der Waals surface area contributed by atoms with Crippen molar-refractivity contribution < 1.29 is 0 Å². The summed E-state index contributed by atoms with van der Waals surface area (Å²) < 4.78 is 2.64. The fourth-order valence-corrected chi connectivity index (χ4v) is 12.1. The molecule has 11 aromatic carbocycles. The molecular weight excluding hydrogens is 827 g/mol. The van der Waals surface area contributed by atoms with Crippen molar-refractivity contribution in [2.45, 2.75) is 5.41 Å². The average molecular weight is 870 g/mol. The van der Waals surface area contributed by atoms with Gasteiger partial charge in [-0.15, -0.1) is 11.3 Å². The maximum atomic E-state index is 2.46. The van der Waals surface area contributed by atoms with Crippen LogP contribution in [-0.4, -0.2) is 0 Å². The van der Waals surface area contributed by atoms with Gasteiger partial charge in [-0.05, 0) is 126 Å². The lowest BCUT2D eigenvalue weighted by Crippen LogP contribution is -2.28. The zero-order chi connectivity index (χ0) is 44.3. The molecule has 0 bridgehead atoms. The Labute approximate surface area is 395 Å². The van der Waals surface area contributed by atoms with Gasteiger partial charge in [0.25, 0.3) is 0 Å². The van der Waals surface area contributed by atoms with Gasteiger partial charge in [-0.25, -0.2) is 0 Å². The molecular formula is C65H43NS. The summed E-state index contributed by atoms with van der Waals surface area (Å²) in [5.41, 5.74) is 17.8. The molecule has 0 amide bonds. The zero-order valence-corrected chi connectivity index (χ0v) is 37.5. The van der Waals surface area contributed by atoms with Gasteiger partial charge < -0.3 is 4.90 Å². The average Bonchev–Trinajstić information content (AvgIpc) is 3.93. The molecule has 0 unspecified atom stereocenters. The molecule has 1 heterocycles. The van der Waals surface area contributed by atoms with E-state index >= 15 is 0 Å². The fourth-order valence-electron chi connectivity index (χ4n) is 10.9. The van der Waals surface area contributed by atoms with Crippen molar-refractivity contribution in [1.29, 1.82) is 0 Å². The molecule has 314 valence electrons. The number of rotatable bonds is 8. The first-order chi connectivity index (χ1) is 33.2. The van der Waals surface area contributed by atoms with Crippen molar-refractivity contribution in [3.05, 3.63) is 283 Å². The summed E-state index contributed by atoms with van der Waals surface area (Å²) in [5, 5.41) is 5.10. The number of thiophene rings is 1. The molecule has 1 nitrogen and oxygen atoms in total. The van der Waals surface area contributed by atoms with Crippen molar-refractivity contribution >= 4 is 59.3 Å². The highest BCUT2D eigenvalue weighted by Gasteiger charge is 2.46. The second-order valence-electron chi connectivity index (χ2n) is 17.6. The summed E-state index contributed by atoms with van der Waals surface area (Å²) in [6, 6.07) is 96.2. The maximum absolute atomic E-state index is 2.46. The van der Waals surface area contributed by atoms with E-state index in [1.165, 1.54) is 97.7 Å². The first kappa shape index (κ1) is 39.1. The van der Waals surface area contributed by atoms with E-state index in [2.05, 4.69) is 266 Å². The predicted molar refractivity (Wildman–Crippen MR) is 285 cm³/mol. The summed E-state index contributed by atoms with van der Waals surface area (Å²) in [6.45, 7) is 0. The highest BCUT2D eigenvalue weighted by molar-refractivity contribution is 7.26. The van der Waals surface area contributed by atoms with Crippen molar-refractivity contribution in [3.8, 4) is 44.5 Å². The molecule has 1 aliphatic rings. The molecule has 67 heavy (non-hydrogen) atoms. The smallest absolute Gasteiger partial charge is 0.0714 e. The van der Waals surface area contributed by atoms with Crippen molar-refractivity contribution in [2.24, 2.45) is 0 Å². The van der Waals surface area contributed by atoms with Gasteiger partial charge >= 0.3 is 0 Å². The Hall–Kier alpha value is -8.30. The monoisotopic (exact) mass is 869 g/mol. The number of anilines is 3. The van der Waals surface area contributed by atoms with Crippen LogP contribution in [0.25, 0.3) is 75.5 Å². The Morgan fingerprint density at radius 3 is 1.57 bits per heavy atom. The zero-order valence-electron chi connectivity index (χ0n) is 36.7. The topological polar surface area (TPSA) is 3.24 Å². The number of hydrogen-bond donors (Lipinski definition) is 0. The van der Waals surface area contributed by atoms with Crippen molar-refractivity contribution in [1.82, 2.24) is 0 Å². The lowest BCUT2D eigenvalue weighted by Gasteiger charge is -2.35. The van der Waals surface area contributed by atoms with Gasteiger partial charge in [0.2, 0.25) is 0 Å². The second kappa shape index (κ2) is 16.0. The van der Waals surface area contributed by atoms with Crippen LogP contribution in [0, 0.1) is 0 Å². The van der Waals surface area contributed by atoms with Gasteiger partial charge in [0, 0.05) is 37.2 Å². The van der Waals surface area contributed by atoms with Crippen LogP contribution in [0.1, 0.15) is 22.3 Å².